The number of rotatable bonds is 4. The highest BCUT2D eigenvalue weighted by Gasteiger charge is 2.33. The molecular formula is C40H40N8O2. The third-order valence-electron chi connectivity index (χ3n) is 9.07. The summed E-state index contributed by atoms with van der Waals surface area (Å²) < 4.78 is 0. The first-order valence-electron chi connectivity index (χ1n) is 16.5. The molecule has 10 heteroatoms. The Morgan fingerprint density at radius 1 is 0.580 bits per heavy atom. The molecule has 0 bridgehead atoms. The molecule has 10 nitrogen and oxygen atoms in total. The summed E-state index contributed by atoms with van der Waals surface area (Å²) in [6, 6.07) is 24.2. The summed E-state index contributed by atoms with van der Waals surface area (Å²) in [5, 5.41) is 38.2. The van der Waals surface area contributed by atoms with Crippen LogP contribution in [0, 0.1) is 52.4 Å². The Hall–Kier alpha value is -6.16. The second-order valence-electron chi connectivity index (χ2n) is 13.4. The van der Waals surface area contributed by atoms with Gasteiger partial charge >= 0.3 is 0 Å². The molecule has 2 aliphatic heterocycles. The van der Waals surface area contributed by atoms with E-state index in [2.05, 4.69) is 32.1 Å². The van der Waals surface area contributed by atoms with Gasteiger partial charge in [-0.15, -0.1) is 0 Å². The van der Waals surface area contributed by atoms with Crippen LogP contribution in [0.4, 0.5) is 11.4 Å². The lowest BCUT2D eigenvalue weighted by atomic mass is 10.1. The fraction of sp³-hybridized carbons (Fsp3) is 0.200. The first-order valence-corrected chi connectivity index (χ1v) is 16.5. The zero-order chi connectivity index (χ0) is 35.4. The molecular weight excluding hydrogens is 624 g/mol. The quantitative estimate of drug-likeness (QED) is 0.111. The average molecular weight is 665 g/mol. The number of para-hydroxylation sites is 1. The van der Waals surface area contributed by atoms with Crippen LogP contribution in [-0.4, -0.2) is 54.9 Å². The predicted molar refractivity (Wildman–Crippen MR) is 203 cm³/mol. The van der Waals surface area contributed by atoms with Gasteiger partial charge in [-0.25, -0.2) is 9.97 Å². The zero-order valence-electron chi connectivity index (χ0n) is 29.0. The van der Waals surface area contributed by atoms with Crippen LogP contribution < -0.4 is 9.80 Å². The van der Waals surface area contributed by atoms with E-state index in [0.717, 1.165) is 66.8 Å². The van der Waals surface area contributed by atoms with Crippen molar-refractivity contribution in [2.24, 2.45) is 0 Å². The highest BCUT2D eigenvalue weighted by Crippen LogP contribution is 2.33. The van der Waals surface area contributed by atoms with Crippen molar-refractivity contribution in [1.82, 2.24) is 19.9 Å². The van der Waals surface area contributed by atoms with E-state index in [0.29, 0.717) is 22.8 Å². The number of aryl methyl sites for hydroxylation is 6. The monoisotopic (exact) mass is 664 g/mol. The van der Waals surface area contributed by atoms with Crippen molar-refractivity contribution < 1.29 is 10.2 Å². The van der Waals surface area contributed by atoms with Gasteiger partial charge in [0.05, 0.1) is 46.3 Å². The summed E-state index contributed by atoms with van der Waals surface area (Å²) in [5.41, 5.74) is 13.0. The number of fused-ring (bicyclic) bond motifs is 2. The second-order valence-corrected chi connectivity index (χ2v) is 13.4. The Kier molecular flexibility index (Phi) is 8.02. The summed E-state index contributed by atoms with van der Waals surface area (Å²) in [4.78, 5) is 19.3. The molecule has 0 unspecified atom stereocenters. The van der Waals surface area contributed by atoms with Crippen LogP contribution in [0.15, 0.2) is 84.3 Å². The number of aliphatic hydroxyl groups is 2. The number of aliphatic hydroxyl groups excluding tert-OH is 2. The first kappa shape index (κ1) is 32.4. The Morgan fingerprint density at radius 2 is 1.08 bits per heavy atom. The molecule has 0 saturated heterocycles. The van der Waals surface area contributed by atoms with Crippen molar-refractivity contribution in [3.63, 3.8) is 0 Å². The fourth-order valence-corrected chi connectivity index (χ4v) is 6.85. The molecule has 0 spiro atoms. The van der Waals surface area contributed by atoms with E-state index in [9.17, 15) is 10.2 Å². The molecule has 2 aliphatic rings. The highest BCUT2D eigenvalue weighted by atomic mass is 16.3. The number of aromatic nitrogens is 4. The van der Waals surface area contributed by atoms with E-state index in [4.69, 9.17) is 10.8 Å². The van der Waals surface area contributed by atoms with Gasteiger partial charge in [0, 0.05) is 11.4 Å². The summed E-state index contributed by atoms with van der Waals surface area (Å²) in [5.74, 6) is 1.94. The van der Waals surface area contributed by atoms with E-state index in [1.165, 1.54) is 0 Å². The number of aromatic amines is 2. The number of benzene rings is 4. The minimum Gasteiger partial charge on any atom is -0.509 e. The number of nitrogens with one attached hydrogen (secondary N) is 4. The third-order valence-corrected chi connectivity index (χ3v) is 9.07. The SMILES string of the molecule is Cc1cc(C)cc(N2CC(O)=C(c3nc4c(C)cccc4[nH]3)C2=N)c1.Cc1cc(C)cc(N2CC(O)=C(c3nc4ccc(C)cc4[nH]3)C2=N)c1. The standard InChI is InChI=1S/2C20H20N4O/c1-11-4-5-15-16(9-11)23-20(22-15)18-17(25)10-24(19(18)21)14-7-12(2)6-13(3)8-14;1-11-7-12(2)9-14(8-11)24-10-16(25)17(19(24)21)20-22-15-6-4-5-13(3)18(15)23-20/h2*4-9,21,25H,10H2,1-3H3,(H,22,23). The molecule has 0 atom stereocenters. The number of anilines is 2. The summed E-state index contributed by atoms with van der Waals surface area (Å²) in [7, 11) is 0. The molecule has 4 heterocycles. The van der Waals surface area contributed by atoms with Gasteiger partial charge in [0.2, 0.25) is 0 Å². The highest BCUT2D eigenvalue weighted by molar-refractivity contribution is 6.31. The van der Waals surface area contributed by atoms with Gasteiger partial charge < -0.3 is 30.0 Å². The predicted octanol–water partition coefficient (Wildman–Crippen LogP) is 8.51. The second kappa shape index (κ2) is 12.4. The smallest absolute Gasteiger partial charge is 0.145 e. The molecule has 8 rings (SSSR count). The van der Waals surface area contributed by atoms with E-state index in [-0.39, 0.29) is 36.3 Å². The van der Waals surface area contributed by atoms with Crippen molar-refractivity contribution in [1.29, 1.82) is 10.8 Å². The van der Waals surface area contributed by atoms with Crippen molar-refractivity contribution in [3.8, 4) is 0 Å². The molecule has 2 aromatic heterocycles. The maximum atomic E-state index is 10.5. The lowest BCUT2D eigenvalue weighted by molar-refractivity contribution is 0.411. The Balaban J connectivity index is 0.000000157. The Labute approximate surface area is 290 Å². The van der Waals surface area contributed by atoms with Crippen LogP contribution in [0.5, 0.6) is 0 Å². The molecule has 0 radical (unpaired) electrons. The van der Waals surface area contributed by atoms with Crippen LogP contribution in [0.3, 0.4) is 0 Å². The number of H-pyrrole nitrogens is 2. The zero-order valence-corrected chi connectivity index (χ0v) is 29.0. The molecule has 6 N–H and O–H groups in total. The molecule has 0 fully saturated rings. The summed E-state index contributed by atoms with van der Waals surface area (Å²) in [6.45, 7) is 12.7. The van der Waals surface area contributed by atoms with Crippen molar-refractivity contribution in [2.75, 3.05) is 22.9 Å². The van der Waals surface area contributed by atoms with Crippen LogP contribution in [0.1, 0.15) is 45.0 Å². The van der Waals surface area contributed by atoms with E-state index >= 15 is 0 Å². The molecule has 0 saturated carbocycles. The van der Waals surface area contributed by atoms with Gasteiger partial charge in [-0.2, -0.15) is 0 Å². The number of imidazole rings is 2. The fourth-order valence-electron chi connectivity index (χ4n) is 6.85. The molecule has 0 amide bonds. The van der Waals surface area contributed by atoms with Crippen LogP contribution >= 0.6 is 0 Å². The van der Waals surface area contributed by atoms with Gasteiger partial charge in [-0.3, -0.25) is 10.8 Å². The van der Waals surface area contributed by atoms with Gasteiger partial charge in [0.15, 0.2) is 0 Å². The average Bonchev–Trinajstić information content (AvgIpc) is 3.79. The number of nitrogens with zero attached hydrogens (tertiary/aromatic N) is 4. The minimum absolute atomic E-state index is 0.167. The molecule has 4 aromatic carbocycles. The van der Waals surface area contributed by atoms with E-state index < -0.39 is 0 Å². The number of amidine groups is 2. The molecule has 252 valence electrons. The largest absolute Gasteiger partial charge is 0.509 e. The summed E-state index contributed by atoms with van der Waals surface area (Å²) >= 11 is 0. The van der Waals surface area contributed by atoms with Crippen LogP contribution in [-0.2, 0) is 0 Å². The third kappa shape index (κ3) is 5.89. The van der Waals surface area contributed by atoms with Gasteiger partial charge in [-0.1, -0.05) is 30.3 Å². The normalized spacial score (nSPS) is 14.8. The Morgan fingerprint density at radius 3 is 1.60 bits per heavy atom. The van der Waals surface area contributed by atoms with Crippen molar-refractivity contribution in [3.05, 3.63) is 129 Å². The Bertz CT molecular complexity index is 2390. The number of hydrogen-bond donors (Lipinski definition) is 6. The van der Waals surface area contributed by atoms with Crippen molar-refractivity contribution in [2.45, 2.75) is 41.5 Å². The lowest BCUT2D eigenvalue weighted by Crippen LogP contribution is -2.26. The van der Waals surface area contributed by atoms with E-state index in [1.807, 2.05) is 112 Å². The van der Waals surface area contributed by atoms with Crippen LogP contribution in [0.25, 0.3) is 33.2 Å². The van der Waals surface area contributed by atoms with Crippen molar-refractivity contribution >= 4 is 56.3 Å². The van der Waals surface area contributed by atoms with Crippen LogP contribution in [0.2, 0.25) is 0 Å². The minimum atomic E-state index is 0.167. The topological polar surface area (TPSA) is 152 Å². The van der Waals surface area contributed by atoms with Gasteiger partial charge in [0.25, 0.3) is 0 Å². The maximum Gasteiger partial charge on any atom is 0.145 e. The van der Waals surface area contributed by atoms with E-state index in [1.54, 1.807) is 0 Å². The summed E-state index contributed by atoms with van der Waals surface area (Å²) in [6.07, 6.45) is 0. The molecule has 50 heavy (non-hydrogen) atoms. The van der Waals surface area contributed by atoms with Gasteiger partial charge in [-0.05, 0) is 117 Å². The first-order chi connectivity index (χ1) is 23.9. The molecule has 0 aliphatic carbocycles. The van der Waals surface area contributed by atoms with Gasteiger partial charge in [0.1, 0.15) is 34.8 Å². The lowest BCUT2D eigenvalue weighted by Gasteiger charge is -2.19. The number of hydrogen-bond acceptors (Lipinski definition) is 6. The molecule has 6 aromatic rings. The maximum absolute atomic E-state index is 10.5.